The number of halogens is 1. The van der Waals surface area contributed by atoms with Crippen LogP contribution in [-0.2, 0) is 13.0 Å². The van der Waals surface area contributed by atoms with E-state index in [1.165, 1.54) is 0 Å². The number of nitrogens with zero attached hydrogens (tertiary/aromatic N) is 2. The van der Waals surface area contributed by atoms with Crippen molar-refractivity contribution in [2.45, 2.75) is 25.9 Å². The summed E-state index contributed by atoms with van der Waals surface area (Å²) in [7, 11) is 0. The van der Waals surface area contributed by atoms with Crippen LogP contribution in [0.4, 0.5) is 0 Å². The standard InChI is InChI=1S/C28H25N2O2.BrH/c1-2-26-29(20-24-19-23-15-9-10-16-25(23)32-24)17-18-30(26)27(21-11-5-3-6-12-21)28(31)22-13-7-4-8-14-22;/h3-19,27H,2,20H2,1H3;1H/q+1;/p-1. The largest absolute Gasteiger partial charge is 1.00 e. The van der Waals surface area contributed by atoms with Crippen molar-refractivity contribution >= 4 is 16.8 Å². The molecule has 5 aromatic rings. The topological polar surface area (TPSA) is 39.0 Å². The molecule has 0 amide bonds. The van der Waals surface area contributed by atoms with E-state index in [1.54, 1.807) is 0 Å². The molecule has 0 bridgehead atoms. The van der Waals surface area contributed by atoms with Gasteiger partial charge in [-0.3, -0.25) is 4.79 Å². The third-order valence-electron chi connectivity index (χ3n) is 5.86. The lowest BCUT2D eigenvalue weighted by Crippen LogP contribution is -3.00. The van der Waals surface area contributed by atoms with E-state index in [0.29, 0.717) is 12.1 Å². The van der Waals surface area contributed by atoms with E-state index < -0.39 is 6.04 Å². The van der Waals surface area contributed by atoms with Gasteiger partial charge in [-0.15, -0.1) is 0 Å². The third-order valence-corrected chi connectivity index (χ3v) is 5.86. The van der Waals surface area contributed by atoms with E-state index in [9.17, 15) is 4.79 Å². The van der Waals surface area contributed by atoms with Crippen LogP contribution in [0.1, 0.15) is 40.5 Å². The summed E-state index contributed by atoms with van der Waals surface area (Å²) < 4.78 is 10.3. The molecular formula is C28H25BrN2O2. The molecule has 0 saturated carbocycles. The number of furan rings is 1. The van der Waals surface area contributed by atoms with Crippen molar-refractivity contribution in [1.29, 1.82) is 0 Å². The first-order chi connectivity index (χ1) is 15.7. The molecule has 0 aliphatic carbocycles. The van der Waals surface area contributed by atoms with E-state index in [1.807, 2.05) is 91.3 Å². The van der Waals surface area contributed by atoms with Gasteiger partial charge in [0.15, 0.2) is 6.04 Å². The first-order valence-electron chi connectivity index (χ1n) is 11.0. The zero-order valence-electron chi connectivity index (χ0n) is 18.4. The van der Waals surface area contributed by atoms with Crippen molar-refractivity contribution in [3.8, 4) is 0 Å². The molecule has 2 aromatic heterocycles. The Morgan fingerprint density at radius 3 is 2.30 bits per heavy atom. The van der Waals surface area contributed by atoms with E-state index in [4.69, 9.17) is 4.42 Å². The Bertz CT molecular complexity index is 1320. The van der Waals surface area contributed by atoms with Crippen LogP contribution in [0.5, 0.6) is 0 Å². The number of ketones is 1. The van der Waals surface area contributed by atoms with Gasteiger partial charge in [0.2, 0.25) is 5.78 Å². The lowest BCUT2D eigenvalue weighted by molar-refractivity contribution is -0.696. The molecule has 0 aliphatic rings. The SMILES string of the molecule is CCc1n(C(C(=O)c2ccccc2)c2ccccc2)cc[n+]1Cc1cc2ccccc2o1.[Br-]. The van der Waals surface area contributed by atoms with Gasteiger partial charge in [-0.1, -0.05) is 85.8 Å². The minimum Gasteiger partial charge on any atom is -1.00 e. The van der Waals surface area contributed by atoms with Crippen molar-refractivity contribution in [2.24, 2.45) is 0 Å². The maximum Gasteiger partial charge on any atom is 0.257 e. The van der Waals surface area contributed by atoms with E-state index >= 15 is 0 Å². The summed E-state index contributed by atoms with van der Waals surface area (Å²) in [5, 5.41) is 1.10. The minimum atomic E-state index is -0.425. The smallest absolute Gasteiger partial charge is 0.257 e. The fourth-order valence-corrected chi connectivity index (χ4v) is 4.35. The molecule has 3 aromatic carbocycles. The Balaban J connectivity index is 0.00000259. The number of hydrogen-bond acceptors (Lipinski definition) is 2. The number of fused-ring (bicyclic) bond motifs is 1. The highest BCUT2D eigenvalue weighted by Gasteiger charge is 2.32. The van der Waals surface area contributed by atoms with Crippen LogP contribution in [0.2, 0.25) is 0 Å². The van der Waals surface area contributed by atoms with Crippen LogP contribution in [-0.4, -0.2) is 10.4 Å². The van der Waals surface area contributed by atoms with Crippen LogP contribution in [0.3, 0.4) is 0 Å². The number of rotatable bonds is 7. The molecule has 1 unspecified atom stereocenters. The average molecular weight is 501 g/mol. The number of Topliss-reactive ketones (excluding diaryl/α,β-unsaturated/α-hetero) is 1. The maximum absolute atomic E-state index is 13.7. The first kappa shape index (κ1) is 22.7. The molecule has 2 heterocycles. The van der Waals surface area contributed by atoms with Gasteiger partial charge in [0.1, 0.15) is 30.3 Å². The number of carbonyl (C=O) groups is 1. The number of aromatic nitrogens is 2. The maximum atomic E-state index is 13.7. The van der Waals surface area contributed by atoms with Gasteiger partial charge < -0.3 is 21.4 Å². The molecule has 4 nitrogen and oxygen atoms in total. The molecule has 0 fully saturated rings. The lowest BCUT2D eigenvalue weighted by Gasteiger charge is -2.15. The minimum absolute atomic E-state index is 0. The molecule has 1 atom stereocenters. The Morgan fingerprint density at radius 1 is 0.939 bits per heavy atom. The number of hydrogen-bond donors (Lipinski definition) is 0. The van der Waals surface area contributed by atoms with Gasteiger partial charge >= 0.3 is 0 Å². The van der Waals surface area contributed by atoms with Crippen molar-refractivity contribution in [3.63, 3.8) is 0 Å². The van der Waals surface area contributed by atoms with Gasteiger partial charge in [-0.2, -0.15) is 0 Å². The van der Waals surface area contributed by atoms with Crippen LogP contribution in [0, 0.1) is 0 Å². The summed E-state index contributed by atoms with van der Waals surface area (Å²) in [6.45, 7) is 2.74. The summed E-state index contributed by atoms with van der Waals surface area (Å²) in [5.74, 6) is 2.05. The number of para-hydroxylation sites is 1. The number of carbonyl (C=O) groups excluding carboxylic acids is 1. The predicted molar refractivity (Wildman–Crippen MR) is 125 cm³/mol. The molecule has 0 N–H and O–H groups in total. The molecular weight excluding hydrogens is 476 g/mol. The quantitative estimate of drug-likeness (QED) is 0.254. The Hall–Kier alpha value is -3.44. The molecule has 0 radical (unpaired) electrons. The molecule has 33 heavy (non-hydrogen) atoms. The predicted octanol–water partition coefficient (Wildman–Crippen LogP) is 2.61. The molecule has 5 rings (SSSR count). The summed E-state index contributed by atoms with van der Waals surface area (Å²) in [5.41, 5.74) is 2.57. The third kappa shape index (κ3) is 4.55. The van der Waals surface area contributed by atoms with Crippen LogP contribution < -0.4 is 21.5 Å². The fraction of sp³-hybridized carbons (Fsp3) is 0.143. The summed E-state index contributed by atoms with van der Waals surface area (Å²) >= 11 is 0. The number of imidazole rings is 1. The average Bonchev–Trinajstić information content (AvgIpc) is 3.44. The summed E-state index contributed by atoms with van der Waals surface area (Å²) in [6, 6.07) is 29.2. The monoisotopic (exact) mass is 500 g/mol. The van der Waals surface area contributed by atoms with Crippen LogP contribution >= 0.6 is 0 Å². The highest BCUT2D eigenvalue weighted by molar-refractivity contribution is 6.00. The normalized spacial score (nSPS) is 11.8. The number of benzene rings is 3. The second-order valence-corrected chi connectivity index (χ2v) is 7.90. The van der Waals surface area contributed by atoms with Crippen molar-refractivity contribution in [1.82, 2.24) is 4.57 Å². The van der Waals surface area contributed by atoms with Gasteiger partial charge in [0.25, 0.3) is 5.82 Å². The zero-order chi connectivity index (χ0) is 21.9. The highest BCUT2D eigenvalue weighted by Crippen LogP contribution is 2.25. The van der Waals surface area contributed by atoms with Crippen molar-refractivity contribution in [2.75, 3.05) is 0 Å². The van der Waals surface area contributed by atoms with Gasteiger partial charge in [-0.25, -0.2) is 9.13 Å². The first-order valence-corrected chi connectivity index (χ1v) is 11.0. The Morgan fingerprint density at radius 2 is 1.61 bits per heavy atom. The van der Waals surface area contributed by atoms with Gasteiger partial charge in [0.05, 0.1) is 0 Å². The van der Waals surface area contributed by atoms with Gasteiger partial charge in [-0.05, 0) is 12.1 Å². The molecule has 0 saturated heterocycles. The summed E-state index contributed by atoms with van der Waals surface area (Å²) in [4.78, 5) is 13.7. The van der Waals surface area contributed by atoms with E-state index in [2.05, 4.69) is 28.2 Å². The van der Waals surface area contributed by atoms with Crippen LogP contribution in [0.15, 0.2) is 108 Å². The lowest BCUT2D eigenvalue weighted by atomic mass is 9.97. The Kier molecular flexibility index (Phi) is 6.90. The molecule has 5 heteroatoms. The molecule has 166 valence electrons. The molecule has 0 aliphatic heterocycles. The van der Waals surface area contributed by atoms with E-state index in [0.717, 1.165) is 34.5 Å². The van der Waals surface area contributed by atoms with Crippen LogP contribution in [0.25, 0.3) is 11.0 Å². The van der Waals surface area contributed by atoms with Gasteiger partial charge in [0, 0.05) is 22.9 Å². The highest BCUT2D eigenvalue weighted by atomic mass is 79.9. The van der Waals surface area contributed by atoms with E-state index in [-0.39, 0.29) is 22.8 Å². The van der Waals surface area contributed by atoms with Crippen molar-refractivity contribution in [3.05, 3.63) is 126 Å². The Labute approximate surface area is 203 Å². The second-order valence-electron chi connectivity index (χ2n) is 7.90. The molecule has 0 spiro atoms. The van der Waals surface area contributed by atoms with Crippen molar-refractivity contribution < 1.29 is 30.8 Å². The second kappa shape index (κ2) is 10.0. The summed E-state index contributed by atoms with van der Waals surface area (Å²) in [6.07, 6.45) is 4.85. The fourth-order valence-electron chi connectivity index (χ4n) is 4.35. The zero-order valence-corrected chi connectivity index (χ0v) is 20.0.